The molecule has 19 heavy (non-hydrogen) atoms. The van der Waals surface area contributed by atoms with Gasteiger partial charge < -0.3 is 4.74 Å². The normalized spacial score (nSPS) is 10.6. The van der Waals surface area contributed by atoms with E-state index in [2.05, 4.69) is 43.3 Å². The van der Waals surface area contributed by atoms with Crippen molar-refractivity contribution in [1.82, 2.24) is 0 Å². The first-order valence-electron chi connectivity index (χ1n) is 6.28. The van der Waals surface area contributed by atoms with Crippen molar-refractivity contribution in [3.05, 3.63) is 73.2 Å². The van der Waals surface area contributed by atoms with Gasteiger partial charge in [0.05, 0.1) is 7.11 Å². The van der Waals surface area contributed by atoms with Crippen LogP contribution in [0.4, 0.5) is 0 Å². The lowest BCUT2D eigenvalue weighted by Gasteiger charge is -2.12. The van der Waals surface area contributed by atoms with Gasteiger partial charge in [-0.3, -0.25) is 0 Å². The highest BCUT2D eigenvalue weighted by atomic mass is 16.5. The zero-order chi connectivity index (χ0) is 13.2. The number of ether oxygens (including phenoxy) is 1. The quantitative estimate of drug-likeness (QED) is 0.638. The number of benzene rings is 3. The first kappa shape index (κ1) is 11.8. The maximum Gasteiger partial charge on any atom is 0.126 e. The molecule has 0 spiro atoms. The SMILES string of the molecule is [CH2]c1cc(-c2ccccc2OC)c2ccccc2c1. The summed E-state index contributed by atoms with van der Waals surface area (Å²) in [5.74, 6) is 0.887. The molecule has 93 valence electrons. The predicted molar refractivity (Wildman–Crippen MR) is 80.4 cm³/mol. The topological polar surface area (TPSA) is 9.23 Å². The second-order valence-corrected chi connectivity index (χ2v) is 4.56. The summed E-state index contributed by atoms with van der Waals surface area (Å²) in [6, 6.07) is 20.7. The standard InChI is InChI=1S/C18H15O/c1-13-11-14-7-3-4-8-15(14)17(12-13)16-9-5-6-10-18(16)19-2/h3-12H,1H2,2H3. The summed E-state index contributed by atoms with van der Waals surface area (Å²) in [7, 11) is 1.70. The van der Waals surface area contributed by atoms with Crippen molar-refractivity contribution in [2.75, 3.05) is 7.11 Å². The minimum Gasteiger partial charge on any atom is -0.496 e. The Balaban J connectivity index is 2.36. The molecule has 0 unspecified atom stereocenters. The van der Waals surface area contributed by atoms with Crippen LogP contribution in [-0.2, 0) is 0 Å². The van der Waals surface area contributed by atoms with E-state index in [1.165, 1.54) is 16.3 Å². The third-order valence-corrected chi connectivity index (χ3v) is 3.32. The fourth-order valence-electron chi connectivity index (χ4n) is 2.46. The van der Waals surface area contributed by atoms with E-state index in [4.69, 9.17) is 4.74 Å². The maximum atomic E-state index is 5.47. The zero-order valence-corrected chi connectivity index (χ0v) is 10.9. The van der Waals surface area contributed by atoms with Gasteiger partial charge in [-0.15, -0.1) is 0 Å². The lowest BCUT2D eigenvalue weighted by atomic mass is 9.95. The molecule has 0 amide bonds. The van der Waals surface area contributed by atoms with Crippen LogP contribution in [0.15, 0.2) is 60.7 Å². The Morgan fingerprint density at radius 2 is 1.58 bits per heavy atom. The highest BCUT2D eigenvalue weighted by molar-refractivity contribution is 5.98. The molecular weight excluding hydrogens is 232 g/mol. The Hall–Kier alpha value is -2.28. The van der Waals surface area contributed by atoms with Gasteiger partial charge in [-0.1, -0.05) is 54.6 Å². The molecule has 0 aliphatic heterocycles. The van der Waals surface area contributed by atoms with Gasteiger partial charge >= 0.3 is 0 Å². The largest absolute Gasteiger partial charge is 0.496 e. The van der Waals surface area contributed by atoms with Crippen molar-refractivity contribution in [1.29, 1.82) is 0 Å². The van der Waals surface area contributed by atoms with E-state index in [1.807, 2.05) is 24.3 Å². The third kappa shape index (κ3) is 2.08. The summed E-state index contributed by atoms with van der Waals surface area (Å²) in [4.78, 5) is 0. The van der Waals surface area contributed by atoms with Gasteiger partial charge in [0.25, 0.3) is 0 Å². The van der Waals surface area contributed by atoms with Gasteiger partial charge in [0.15, 0.2) is 0 Å². The average molecular weight is 247 g/mol. The van der Waals surface area contributed by atoms with E-state index >= 15 is 0 Å². The van der Waals surface area contributed by atoms with Gasteiger partial charge in [0, 0.05) is 5.56 Å². The highest BCUT2D eigenvalue weighted by Crippen LogP contribution is 2.35. The molecule has 0 saturated heterocycles. The molecule has 1 radical (unpaired) electrons. The fourth-order valence-corrected chi connectivity index (χ4v) is 2.46. The van der Waals surface area contributed by atoms with Crippen LogP contribution in [0.5, 0.6) is 5.75 Å². The van der Waals surface area contributed by atoms with Gasteiger partial charge in [0.1, 0.15) is 5.75 Å². The molecule has 0 N–H and O–H groups in total. The fraction of sp³-hybridized carbons (Fsp3) is 0.0556. The van der Waals surface area contributed by atoms with Crippen molar-refractivity contribution >= 4 is 10.8 Å². The summed E-state index contributed by atoms with van der Waals surface area (Å²) >= 11 is 0. The number of hydrogen-bond donors (Lipinski definition) is 0. The van der Waals surface area contributed by atoms with Crippen LogP contribution in [-0.4, -0.2) is 7.11 Å². The molecule has 0 heterocycles. The Morgan fingerprint density at radius 3 is 2.42 bits per heavy atom. The first-order valence-corrected chi connectivity index (χ1v) is 6.28. The van der Waals surface area contributed by atoms with Crippen molar-refractivity contribution in [3.8, 4) is 16.9 Å². The predicted octanol–water partition coefficient (Wildman–Crippen LogP) is 4.70. The molecule has 0 fully saturated rings. The van der Waals surface area contributed by atoms with Gasteiger partial charge in [-0.2, -0.15) is 0 Å². The van der Waals surface area contributed by atoms with Crippen LogP contribution in [0.25, 0.3) is 21.9 Å². The summed E-state index contributed by atoms with van der Waals surface area (Å²) in [5.41, 5.74) is 3.28. The smallest absolute Gasteiger partial charge is 0.126 e. The minimum atomic E-state index is 0.887. The van der Waals surface area contributed by atoms with Crippen molar-refractivity contribution in [2.45, 2.75) is 0 Å². The second-order valence-electron chi connectivity index (χ2n) is 4.56. The molecule has 3 rings (SSSR count). The summed E-state index contributed by atoms with van der Waals surface area (Å²) in [6.45, 7) is 4.07. The molecule has 3 aromatic carbocycles. The Bertz CT molecular complexity index is 729. The Labute approximate surface area is 113 Å². The van der Waals surface area contributed by atoms with Crippen molar-refractivity contribution in [2.24, 2.45) is 0 Å². The van der Waals surface area contributed by atoms with Gasteiger partial charge in [-0.05, 0) is 34.9 Å². The number of fused-ring (bicyclic) bond motifs is 1. The number of para-hydroxylation sites is 1. The Morgan fingerprint density at radius 1 is 0.842 bits per heavy atom. The van der Waals surface area contributed by atoms with E-state index in [-0.39, 0.29) is 0 Å². The summed E-state index contributed by atoms with van der Waals surface area (Å²) in [6.07, 6.45) is 0. The zero-order valence-electron chi connectivity index (χ0n) is 10.9. The lowest BCUT2D eigenvalue weighted by molar-refractivity contribution is 0.416. The molecule has 0 saturated carbocycles. The van der Waals surface area contributed by atoms with E-state index in [0.29, 0.717) is 0 Å². The van der Waals surface area contributed by atoms with E-state index in [1.54, 1.807) is 7.11 Å². The molecule has 1 nitrogen and oxygen atoms in total. The summed E-state index contributed by atoms with van der Waals surface area (Å²) in [5, 5.41) is 2.43. The van der Waals surface area contributed by atoms with Crippen LogP contribution in [0.3, 0.4) is 0 Å². The molecule has 1 heteroatoms. The average Bonchev–Trinajstić information content (AvgIpc) is 2.46. The van der Waals surface area contributed by atoms with Crippen LogP contribution < -0.4 is 4.74 Å². The maximum absolute atomic E-state index is 5.47. The van der Waals surface area contributed by atoms with Crippen molar-refractivity contribution in [3.63, 3.8) is 0 Å². The minimum absolute atomic E-state index is 0.887. The highest BCUT2D eigenvalue weighted by Gasteiger charge is 2.09. The number of hydrogen-bond acceptors (Lipinski definition) is 1. The molecule has 0 aliphatic rings. The molecule has 0 atom stereocenters. The van der Waals surface area contributed by atoms with E-state index in [9.17, 15) is 0 Å². The lowest BCUT2D eigenvalue weighted by Crippen LogP contribution is -1.89. The van der Waals surface area contributed by atoms with Gasteiger partial charge in [0.2, 0.25) is 0 Å². The van der Waals surface area contributed by atoms with Crippen LogP contribution in [0, 0.1) is 6.92 Å². The van der Waals surface area contributed by atoms with Crippen molar-refractivity contribution < 1.29 is 4.74 Å². The monoisotopic (exact) mass is 247 g/mol. The van der Waals surface area contributed by atoms with E-state index < -0.39 is 0 Å². The van der Waals surface area contributed by atoms with Gasteiger partial charge in [-0.25, -0.2) is 0 Å². The third-order valence-electron chi connectivity index (χ3n) is 3.32. The van der Waals surface area contributed by atoms with Crippen LogP contribution in [0.2, 0.25) is 0 Å². The van der Waals surface area contributed by atoms with Crippen LogP contribution in [0.1, 0.15) is 5.56 Å². The number of rotatable bonds is 2. The second kappa shape index (κ2) is 4.77. The first-order chi connectivity index (χ1) is 9.29. The molecule has 3 aromatic rings. The molecular formula is C18H15O. The number of methoxy groups -OCH3 is 1. The summed E-state index contributed by atoms with van der Waals surface area (Å²) < 4.78 is 5.47. The molecule has 0 aliphatic carbocycles. The molecule has 0 aromatic heterocycles. The molecule has 0 bridgehead atoms. The van der Waals surface area contributed by atoms with Crippen LogP contribution >= 0.6 is 0 Å². The van der Waals surface area contributed by atoms with E-state index in [0.717, 1.165) is 16.9 Å². The Kier molecular flexibility index (Phi) is 2.96.